The summed E-state index contributed by atoms with van der Waals surface area (Å²) in [6.07, 6.45) is 35.9. The van der Waals surface area contributed by atoms with Crippen molar-refractivity contribution in [2.75, 3.05) is 54.1 Å². The molecule has 0 saturated heterocycles. The van der Waals surface area contributed by atoms with E-state index in [2.05, 4.69) is 79.8 Å². The molecule has 0 radical (unpaired) electrons. The summed E-state index contributed by atoms with van der Waals surface area (Å²) in [5.74, 6) is -0.419. The van der Waals surface area contributed by atoms with Crippen molar-refractivity contribution < 1.29 is 37.3 Å². The SMILES string of the molecule is CC/C=C\C/C=C\C/C=C\C/C=C\C/C=C\C/C=C\CCCCCOCC(COP(=O)(O)OCC[N+](C)(C)C)OC(=O)CC. The number of quaternary nitrogens is 1. The number of likely N-dealkylation sites (N-methyl/N-ethyl adjacent to an activating group) is 1. The quantitative estimate of drug-likeness (QED) is 0.0302. The van der Waals surface area contributed by atoms with Gasteiger partial charge >= 0.3 is 13.8 Å². The molecule has 8 nitrogen and oxygen atoms in total. The standard InChI is InChI=1S/C35H60NO7P/c1-6-8-9-10-11-12-13-14-15-16-17-18-19-20-21-22-23-24-25-26-27-28-30-40-32-34(43-35(37)7-2)33-42-44(38,39)41-31-29-36(3,4)5/h8-9,11-12,14-15,17-18,20-21,23-24,34H,6-7,10,13,16,19,22,25-33H2,1-5H3/p+1/b9-8-,12-11-,15-14-,18-17-,21-20-,24-23-. The third-order valence-corrected chi connectivity index (χ3v) is 7.07. The minimum Gasteiger partial charge on any atom is -0.457 e. The van der Waals surface area contributed by atoms with Crippen LogP contribution in [-0.2, 0) is 27.9 Å². The largest absolute Gasteiger partial charge is 0.472 e. The molecule has 252 valence electrons. The third kappa shape index (κ3) is 31.4. The second-order valence-corrected chi connectivity index (χ2v) is 12.9. The van der Waals surface area contributed by atoms with Crippen molar-refractivity contribution in [3.05, 3.63) is 72.9 Å². The monoisotopic (exact) mass is 638 g/mol. The number of ether oxygens (including phenoxy) is 2. The maximum absolute atomic E-state index is 12.1. The average Bonchev–Trinajstić information content (AvgIpc) is 2.97. The van der Waals surface area contributed by atoms with Crippen LogP contribution in [-0.4, -0.2) is 75.6 Å². The summed E-state index contributed by atoms with van der Waals surface area (Å²) in [5, 5.41) is 0. The topological polar surface area (TPSA) is 91.3 Å². The molecule has 0 aromatic heterocycles. The van der Waals surface area contributed by atoms with Gasteiger partial charge < -0.3 is 18.9 Å². The van der Waals surface area contributed by atoms with Crippen molar-refractivity contribution in [1.82, 2.24) is 0 Å². The Morgan fingerprint density at radius 2 is 1.23 bits per heavy atom. The Hall–Kier alpha value is -2.06. The molecule has 0 aromatic carbocycles. The second-order valence-electron chi connectivity index (χ2n) is 11.4. The fraction of sp³-hybridized carbons (Fsp3) is 0.629. The van der Waals surface area contributed by atoms with Crippen LogP contribution in [0.4, 0.5) is 0 Å². The molecule has 0 spiro atoms. The number of phosphoric acid groups is 1. The minimum atomic E-state index is -4.24. The van der Waals surface area contributed by atoms with Gasteiger partial charge in [0, 0.05) is 13.0 Å². The van der Waals surface area contributed by atoms with Crippen LogP contribution >= 0.6 is 7.82 Å². The number of carbonyl (C=O) groups excluding carboxylic acids is 1. The fourth-order valence-electron chi connectivity index (χ4n) is 3.53. The van der Waals surface area contributed by atoms with Crippen LogP contribution in [0, 0.1) is 0 Å². The van der Waals surface area contributed by atoms with E-state index >= 15 is 0 Å². The highest BCUT2D eigenvalue weighted by molar-refractivity contribution is 7.47. The lowest BCUT2D eigenvalue weighted by Gasteiger charge is -2.24. The Morgan fingerprint density at radius 1 is 0.705 bits per heavy atom. The zero-order valence-electron chi connectivity index (χ0n) is 28.1. The van der Waals surface area contributed by atoms with Crippen molar-refractivity contribution in [2.45, 2.75) is 90.6 Å². The lowest BCUT2D eigenvalue weighted by molar-refractivity contribution is -0.870. The zero-order valence-corrected chi connectivity index (χ0v) is 29.0. The van der Waals surface area contributed by atoms with E-state index in [1.54, 1.807) is 6.92 Å². The van der Waals surface area contributed by atoms with Gasteiger partial charge in [0.1, 0.15) is 19.3 Å². The highest BCUT2D eigenvalue weighted by atomic mass is 31.2. The summed E-state index contributed by atoms with van der Waals surface area (Å²) in [6, 6.07) is 0. The predicted molar refractivity (Wildman–Crippen MR) is 182 cm³/mol. The van der Waals surface area contributed by atoms with E-state index in [1.807, 2.05) is 21.1 Å². The van der Waals surface area contributed by atoms with Crippen LogP contribution in [0.1, 0.15) is 84.5 Å². The van der Waals surface area contributed by atoms with E-state index < -0.39 is 19.9 Å². The maximum atomic E-state index is 12.1. The number of carbonyl (C=O) groups is 1. The van der Waals surface area contributed by atoms with Gasteiger partial charge in [0.2, 0.25) is 0 Å². The minimum absolute atomic E-state index is 0.0752. The maximum Gasteiger partial charge on any atom is 0.472 e. The van der Waals surface area contributed by atoms with Gasteiger partial charge in [-0.3, -0.25) is 13.8 Å². The summed E-state index contributed by atoms with van der Waals surface area (Å²) >= 11 is 0. The van der Waals surface area contributed by atoms with Gasteiger partial charge in [0.15, 0.2) is 0 Å². The van der Waals surface area contributed by atoms with E-state index in [9.17, 15) is 14.3 Å². The molecule has 0 aliphatic heterocycles. The molecule has 0 saturated carbocycles. The second kappa shape index (κ2) is 28.4. The van der Waals surface area contributed by atoms with Crippen LogP contribution in [0.3, 0.4) is 0 Å². The summed E-state index contributed by atoms with van der Waals surface area (Å²) in [4.78, 5) is 21.7. The molecule has 0 bridgehead atoms. The predicted octanol–water partition coefficient (Wildman–Crippen LogP) is 8.42. The summed E-state index contributed by atoms with van der Waals surface area (Å²) < 4.78 is 33.8. The molecule has 0 rings (SSSR count). The van der Waals surface area contributed by atoms with Crippen LogP contribution in [0.25, 0.3) is 0 Å². The Labute approximate surface area is 268 Å². The molecule has 0 aliphatic carbocycles. The number of hydrogen-bond acceptors (Lipinski definition) is 6. The molecular weight excluding hydrogens is 577 g/mol. The number of unbranched alkanes of at least 4 members (excludes halogenated alkanes) is 3. The molecule has 2 atom stereocenters. The summed E-state index contributed by atoms with van der Waals surface area (Å²) in [5.41, 5.74) is 0. The third-order valence-electron chi connectivity index (χ3n) is 6.09. The van der Waals surface area contributed by atoms with E-state index in [0.717, 1.165) is 64.2 Å². The first kappa shape index (κ1) is 41.9. The average molecular weight is 639 g/mol. The number of phosphoric ester groups is 1. The van der Waals surface area contributed by atoms with Crippen LogP contribution in [0.15, 0.2) is 72.9 Å². The van der Waals surface area contributed by atoms with Gasteiger partial charge in [-0.25, -0.2) is 4.57 Å². The smallest absolute Gasteiger partial charge is 0.457 e. The lowest BCUT2D eigenvalue weighted by atomic mass is 10.2. The molecule has 1 N–H and O–H groups in total. The highest BCUT2D eigenvalue weighted by Gasteiger charge is 2.26. The summed E-state index contributed by atoms with van der Waals surface area (Å²) in [7, 11) is 1.62. The molecule has 2 unspecified atom stereocenters. The van der Waals surface area contributed by atoms with E-state index in [-0.39, 0.29) is 26.2 Å². The van der Waals surface area contributed by atoms with Gasteiger partial charge in [-0.2, -0.15) is 0 Å². The van der Waals surface area contributed by atoms with Crippen LogP contribution in [0.2, 0.25) is 0 Å². The Kier molecular flexibility index (Phi) is 27.1. The van der Waals surface area contributed by atoms with Gasteiger partial charge in [-0.1, -0.05) is 93.2 Å². The van der Waals surface area contributed by atoms with Crippen molar-refractivity contribution >= 4 is 13.8 Å². The first-order valence-corrected chi connectivity index (χ1v) is 17.7. The lowest BCUT2D eigenvalue weighted by Crippen LogP contribution is -2.37. The van der Waals surface area contributed by atoms with Gasteiger partial charge in [-0.15, -0.1) is 0 Å². The zero-order chi connectivity index (χ0) is 32.8. The highest BCUT2D eigenvalue weighted by Crippen LogP contribution is 2.43. The number of hydrogen-bond donors (Lipinski definition) is 1. The van der Waals surface area contributed by atoms with Crippen molar-refractivity contribution in [1.29, 1.82) is 0 Å². The number of allylic oxidation sites excluding steroid dienone is 12. The van der Waals surface area contributed by atoms with Gasteiger partial charge in [-0.05, 0) is 57.8 Å². The molecule has 0 heterocycles. The van der Waals surface area contributed by atoms with Crippen molar-refractivity contribution in [3.63, 3.8) is 0 Å². The number of nitrogens with zero attached hydrogens (tertiary/aromatic N) is 1. The molecule has 0 amide bonds. The molecule has 9 heteroatoms. The summed E-state index contributed by atoms with van der Waals surface area (Å²) in [6.45, 7) is 4.79. The Balaban J connectivity index is 3.95. The first-order valence-electron chi connectivity index (χ1n) is 16.2. The molecule has 0 aromatic rings. The number of esters is 1. The van der Waals surface area contributed by atoms with E-state index in [1.165, 1.54) is 0 Å². The van der Waals surface area contributed by atoms with Crippen molar-refractivity contribution in [2.24, 2.45) is 0 Å². The van der Waals surface area contributed by atoms with E-state index in [4.69, 9.17) is 18.5 Å². The van der Waals surface area contributed by atoms with Gasteiger partial charge in [0.05, 0.1) is 34.4 Å². The fourth-order valence-corrected chi connectivity index (χ4v) is 4.27. The van der Waals surface area contributed by atoms with E-state index in [0.29, 0.717) is 17.6 Å². The van der Waals surface area contributed by atoms with Crippen LogP contribution < -0.4 is 0 Å². The Morgan fingerprint density at radius 3 is 1.73 bits per heavy atom. The van der Waals surface area contributed by atoms with Crippen LogP contribution in [0.5, 0.6) is 0 Å². The Bertz CT molecular complexity index is 932. The van der Waals surface area contributed by atoms with Crippen molar-refractivity contribution in [3.8, 4) is 0 Å². The normalized spacial score (nSPS) is 15.1. The molecular formula is C35H61NO7P+. The molecule has 44 heavy (non-hydrogen) atoms. The first-order chi connectivity index (χ1) is 21.1. The molecule has 0 aliphatic rings. The molecule has 0 fully saturated rings. The number of rotatable bonds is 28. The van der Waals surface area contributed by atoms with Gasteiger partial charge in [0.25, 0.3) is 0 Å².